The van der Waals surface area contributed by atoms with Crippen LogP contribution < -0.4 is 5.32 Å². The zero-order chi connectivity index (χ0) is 14.9. The predicted octanol–water partition coefficient (Wildman–Crippen LogP) is 2.33. The van der Waals surface area contributed by atoms with Gasteiger partial charge in [-0.3, -0.25) is 4.79 Å². The molecule has 1 unspecified atom stereocenters. The highest BCUT2D eigenvalue weighted by Gasteiger charge is 2.28. The van der Waals surface area contributed by atoms with Crippen LogP contribution in [0.1, 0.15) is 18.4 Å². The highest BCUT2D eigenvalue weighted by Crippen LogP contribution is 2.18. The van der Waals surface area contributed by atoms with Gasteiger partial charge in [-0.05, 0) is 30.0 Å². The van der Waals surface area contributed by atoms with Gasteiger partial charge >= 0.3 is 0 Å². The molecule has 1 aliphatic rings. The summed E-state index contributed by atoms with van der Waals surface area (Å²) in [6, 6.07) is 10.3. The number of hydrogen-bond donors (Lipinski definition) is 1. The van der Waals surface area contributed by atoms with E-state index in [2.05, 4.69) is 27.5 Å². The minimum Gasteiger partial charge on any atom is -0.342 e. The summed E-state index contributed by atoms with van der Waals surface area (Å²) in [6.07, 6.45) is 1.45. The first-order chi connectivity index (χ1) is 10.3. The lowest BCUT2D eigenvalue weighted by atomic mass is 10.1. The molecule has 1 amide bonds. The van der Waals surface area contributed by atoms with Crippen molar-refractivity contribution in [1.82, 2.24) is 10.2 Å². The second kappa shape index (κ2) is 8.29. The van der Waals surface area contributed by atoms with Gasteiger partial charge in [0.2, 0.25) is 5.91 Å². The fraction of sp³-hybridized carbons (Fsp3) is 0.533. The number of carbonyl (C=O) groups excluding carboxylic acids is 1. The van der Waals surface area contributed by atoms with E-state index in [1.807, 2.05) is 23.1 Å². The number of azide groups is 1. The van der Waals surface area contributed by atoms with Crippen molar-refractivity contribution in [1.29, 1.82) is 0 Å². The molecule has 0 aromatic heterocycles. The second-order valence-corrected chi connectivity index (χ2v) is 5.34. The average Bonchev–Trinajstić information content (AvgIpc) is 2.86. The summed E-state index contributed by atoms with van der Waals surface area (Å²) in [5, 5.41) is 6.94. The van der Waals surface area contributed by atoms with Crippen molar-refractivity contribution >= 4 is 5.91 Å². The number of rotatable bonds is 8. The van der Waals surface area contributed by atoms with E-state index in [1.54, 1.807) is 0 Å². The molecule has 2 rings (SSSR count). The van der Waals surface area contributed by atoms with Crippen LogP contribution in [0, 0.1) is 5.92 Å². The van der Waals surface area contributed by atoms with Crippen LogP contribution in [0.25, 0.3) is 10.4 Å². The van der Waals surface area contributed by atoms with Crippen LogP contribution in [0.4, 0.5) is 0 Å². The fourth-order valence-electron chi connectivity index (χ4n) is 2.57. The predicted molar refractivity (Wildman–Crippen MR) is 81.5 cm³/mol. The molecule has 1 aromatic rings. The molecule has 0 bridgehead atoms. The first kappa shape index (κ1) is 15.4. The Morgan fingerprint density at radius 3 is 2.95 bits per heavy atom. The van der Waals surface area contributed by atoms with Crippen LogP contribution in [0.15, 0.2) is 35.4 Å². The Morgan fingerprint density at radius 1 is 1.38 bits per heavy atom. The van der Waals surface area contributed by atoms with Crippen molar-refractivity contribution in [3.05, 3.63) is 46.3 Å². The Labute approximate surface area is 124 Å². The average molecular weight is 287 g/mol. The molecule has 1 fully saturated rings. The molecular formula is C15H21N5O. The van der Waals surface area contributed by atoms with Crippen molar-refractivity contribution in [2.45, 2.75) is 19.4 Å². The van der Waals surface area contributed by atoms with E-state index >= 15 is 0 Å². The normalized spacial score (nSPS) is 17.8. The Bertz CT molecular complexity index is 498. The van der Waals surface area contributed by atoms with Crippen LogP contribution in [0.2, 0.25) is 0 Å². The first-order valence-corrected chi connectivity index (χ1v) is 7.33. The first-order valence-electron chi connectivity index (χ1n) is 7.33. The molecular weight excluding hydrogens is 266 g/mol. The van der Waals surface area contributed by atoms with Crippen LogP contribution in [0.3, 0.4) is 0 Å². The van der Waals surface area contributed by atoms with Crippen molar-refractivity contribution < 1.29 is 4.79 Å². The van der Waals surface area contributed by atoms with Gasteiger partial charge in [0, 0.05) is 37.5 Å². The smallest absolute Gasteiger partial charge is 0.222 e. The van der Waals surface area contributed by atoms with E-state index in [0.29, 0.717) is 13.0 Å². The Morgan fingerprint density at radius 2 is 2.19 bits per heavy atom. The quantitative estimate of drug-likeness (QED) is 0.344. The number of amides is 1. The Balaban J connectivity index is 1.60. The molecule has 0 saturated carbocycles. The summed E-state index contributed by atoms with van der Waals surface area (Å²) >= 11 is 0. The van der Waals surface area contributed by atoms with Crippen LogP contribution in [-0.4, -0.2) is 37.0 Å². The summed E-state index contributed by atoms with van der Waals surface area (Å²) < 4.78 is 0. The highest BCUT2D eigenvalue weighted by atomic mass is 16.2. The van der Waals surface area contributed by atoms with E-state index in [9.17, 15) is 4.79 Å². The topological polar surface area (TPSA) is 81.1 Å². The van der Waals surface area contributed by atoms with Crippen molar-refractivity contribution in [2.75, 3.05) is 26.2 Å². The number of hydrogen-bond acceptors (Lipinski definition) is 3. The fourth-order valence-corrected chi connectivity index (χ4v) is 2.57. The van der Waals surface area contributed by atoms with Gasteiger partial charge in [0.1, 0.15) is 0 Å². The lowest BCUT2D eigenvalue weighted by Gasteiger charge is -2.16. The van der Waals surface area contributed by atoms with E-state index in [4.69, 9.17) is 5.53 Å². The maximum absolute atomic E-state index is 11.8. The summed E-state index contributed by atoms with van der Waals surface area (Å²) in [7, 11) is 0. The summed E-state index contributed by atoms with van der Waals surface area (Å²) in [5.41, 5.74) is 9.57. The largest absolute Gasteiger partial charge is 0.342 e. The van der Waals surface area contributed by atoms with E-state index in [0.717, 1.165) is 32.6 Å². The third-order valence-electron chi connectivity index (χ3n) is 3.65. The van der Waals surface area contributed by atoms with Gasteiger partial charge in [-0.1, -0.05) is 35.4 Å². The molecule has 0 radical (unpaired) electrons. The molecule has 0 spiro atoms. The zero-order valence-corrected chi connectivity index (χ0v) is 12.1. The molecule has 1 atom stereocenters. The third kappa shape index (κ3) is 5.10. The SMILES string of the molecule is [N-]=[N+]=NCC1CC(=O)N(CCCNCc2ccccc2)C1. The second-order valence-electron chi connectivity index (χ2n) is 5.34. The number of likely N-dealkylation sites (tertiary alicyclic amines) is 1. The highest BCUT2D eigenvalue weighted by molar-refractivity contribution is 5.78. The van der Waals surface area contributed by atoms with E-state index in [-0.39, 0.29) is 11.8 Å². The van der Waals surface area contributed by atoms with Crippen LogP contribution in [0.5, 0.6) is 0 Å². The van der Waals surface area contributed by atoms with E-state index in [1.165, 1.54) is 5.56 Å². The van der Waals surface area contributed by atoms with Gasteiger partial charge in [0.25, 0.3) is 0 Å². The summed E-state index contributed by atoms with van der Waals surface area (Å²) in [6.45, 7) is 3.66. The molecule has 6 heteroatoms. The molecule has 1 aliphatic heterocycles. The van der Waals surface area contributed by atoms with Crippen molar-refractivity contribution in [2.24, 2.45) is 11.0 Å². The number of carbonyl (C=O) groups is 1. The van der Waals surface area contributed by atoms with Crippen LogP contribution >= 0.6 is 0 Å². The van der Waals surface area contributed by atoms with Gasteiger partial charge in [-0.15, -0.1) is 0 Å². The standard InChI is InChI=1S/C15H21N5O/c16-19-18-11-14-9-15(21)20(12-14)8-4-7-17-10-13-5-2-1-3-6-13/h1-3,5-6,14,17H,4,7-12H2. The van der Waals surface area contributed by atoms with Crippen molar-refractivity contribution in [3.63, 3.8) is 0 Å². The van der Waals surface area contributed by atoms with Crippen molar-refractivity contribution in [3.8, 4) is 0 Å². The molecule has 0 aliphatic carbocycles. The Hall–Kier alpha value is -2.04. The molecule has 112 valence electrons. The van der Waals surface area contributed by atoms with E-state index < -0.39 is 0 Å². The maximum atomic E-state index is 11.8. The minimum atomic E-state index is 0.177. The van der Waals surface area contributed by atoms with Gasteiger partial charge in [-0.25, -0.2) is 0 Å². The van der Waals surface area contributed by atoms with Gasteiger partial charge in [0.15, 0.2) is 0 Å². The maximum Gasteiger partial charge on any atom is 0.222 e. The summed E-state index contributed by atoms with van der Waals surface area (Å²) in [4.78, 5) is 16.4. The van der Waals surface area contributed by atoms with Gasteiger partial charge < -0.3 is 10.2 Å². The molecule has 1 N–H and O–H groups in total. The monoisotopic (exact) mass is 287 g/mol. The molecule has 6 nitrogen and oxygen atoms in total. The number of nitrogens with one attached hydrogen (secondary N) is 1. The number of nitrogens with zero attached hydrogens (tertiary/aromatic N) is 4. The lowest BCUT2D eigenvalue weighted by molar-refractivity contribution is -0.127. The molecule has 1 saturated heterocycles. The lowest BCUT2D eigenvalue weighted by Crippen LogP contribution is -2.29. The third-order valence-corrected chi connectivity index (χ3v) is 3.65. The molecule has 21 heavy (non-hydrogen) atoms. The zero-order valence-electron chi connectivity index (χ0n) is 12.1. The van der Waals surface area contributed by atoms with Gasteiger partial charge in [-0.2, -0.15) is 0 Å². The molecule has 1 heterocycles. The molecule has 1 aromatic carbocycles. The summed E-state index contributed by atoms with van der Waals surface area (Å²) in [5.74, 6) is 0.363. The number of benzene rings is 1. The van der Waals surface area contributed by atoms with Crippen LogP contribution in [-0.2, 0) is 11.3 Å². The van der Waals surface area contributed by atoms with Gasteiger partial charge in [0.05, 0.1) is 0 Å². The minimum absolute atomic E-state index is 0.177. The Kier molecular flexibility index (Phi) is 6.06.